The molecule has 1 heterocycles. The lowest BCUT2D eigenvalue weighted by Crippen LogP contribution is -2.54. The topological polar surface area (TPSA) is 78.5 Å². The molecule has 2 N–H and O–H groups in total. The summed E-state index contributed by atoms with van der Waals surface area (Å²) in [5.74, 6) is -1.29. The summed E-state index contributed by atoms with van der Waals surface area (Å²) in [4.78, 5) is 40.2. The van der Waals surface area contributed by atoms with Crippen molar-refractivity contribution >= 4 is 33.7 Å². The van der Waals surface area contributed by atoms with Gasteiger partial charge in [0.2, 0.25) is 5.91 Å². The van der Waals surface area contributed by atoms with Crippen molar-refractivity contribution < 1.29 is 18.8 Å². The second-order valence-electron chi connectivity index (χ2n) is 8.26. The van der Waals surface area contributed by atoms with E-state index in [2.05, 4.69) is 26.6 Å². The third-order valence-corrected chi connectivity index (χ3v) is 5.97. The molecule has 2 aromatic rings. The molecule has 0 spiro atoms. The van der Waals surface area contributed by atoms with Gasteiger partial charge >= 0.3 is 0 Å². The molecule has 0 saturated carbocycles. The standard InChI is InChI=1S/C24H27BrFN3O3/c1-15(2)27-23(31)21(28-22(30)17-6-8-20(26)9-7-17)16-10-12-29(13-11-16)24(32)18-4-3-5-19(25)14-18/h3-9,14-16,21H,10-13H2,1-2H3,(H,27,31)(H,28,30)/t21-/m0/s1. The van der Waals surface area contributed by atoms with Crippen LogP contribution in [-0.2, 0) is 4.79 Å². The Bertz CT molecular complexity index is 973. The molecule has 0 bridgehead atoms. The zero-order chi connectivity index (χ0) is 23.3. The predicted molar refractivity (Wildman–Crippen MR) is 124 cm³/mol. The summed E-state index contributed by atoms with van der Waals surface area (Å²) in [5, 5.41) is 5.70. The highest BCUT2D eigenvalue weighted by molar-refractivity contribution is 9.10. The zero-order valence-corrected chi connectivity index (χ0v) is 19.7. The van der Waals surface area contributed by atoms with Crippen LogP contribution in [0.2, 0.25) is 0 Å². The van der Waals surface area contributed by atoms with Crippen molar-refractivity contribution in [1.82, 2.24) is 15.5 Å². The number of piperidine rings is 1. The second-order valence-corrected chi connectivity index (χ2v) is 9.18. The van der Waals surface area contributed by atoms with Gasteiger partial charge in [-0.25, -0.2) is 4.39 Å². The first-order valence-electron chi connectivity index (χ1n) is 10.7. The summed E-state index contributed by atoms with van der Waals surface area (Å²) in [6.07, 6.45) is 1.17. The number of amides is 3. The number of rotatable bonds is 6. The van der Waals surface area contributed by atoms with Crippen LogP contribution < -0.4 is 10.6 Å². The normalized spacial score (nSPS) is 15.3. The number of hydrogen-bond donors (Lipinski definition) is 2. The lowest BCUT2D eigenvalue weighted by Gasteiger charge is -2.36. The fourth-order valence-electron chi connectivity index (χ4n) is 3.84. The van der Waals surface area contributed by atoms with E-state index in [0.29, 0.717) is 31.5 Å². The molecule has 0 radical (unpaired) electrons. The third kappa shape index (κ3) is 6.16. The summed E-state index contributed by atoms with van der Waals surface area (Å²) in [5.41, 5.74) is 0.896. The number of carbonyl (C=O) groups is 3. The minimum Gasteiger partial charge on any atom is -0.352 e. The van der Waals surface area contributed by atoms with Gasteiger partial charge < -0.3 is 15.5 Å². The minimum atomic E-state index is -0.738. The van der Waals surface area contributed by atoms with Crippen molar-refractivity contribution in [2.45, 2.75) is 38.8 Å². The molecule has 1 fully saturated rings. The van der Waals surface area contributed by atoms with Gasteiger partial charge in [0.05, 0.1) is 0 Å². The molecule has 0 aromatic heterocycles. The van der Waals surface area contributed by atoms with E-state index in [9.17, 15) is 18.8 Å². The first-order valence-corrected chi connectivity index (χ1v) is 11.5. The number of benzene rings is 2. The Balaban J connectivity index is 1.69. The zero-order valence-electron chi connectivity index (χ0n) is 18.1. The molecular formula is C24H27BrFN3O3. The molecule has 3 amide bonds. The van der Waals surface area contributed by atoms with Gasteiger partial charge in [-0.1, -0.05) is 22.0 Å². The molecule has 2 aromatic carbocycles. The lowest BCUT2D eigenvalue weighted by molar-refractivity contribution is -0.125. The number of nitrogens with one attached hydrogen (secondary N) is 2. The number of likely N-dealkylation sites (tertiary alicyclic amines) is 1. The number of halogens is 2. The SMILES string of the molecule is CC(C)NC(=O)[C@@H](NC(=O)c1ccc(F)cc1)C1CCN(C(=O)c2cccc(Br)c2)CC1. The van der Waals surface area contributed by atoms with Gasteiger partial charge in [-0.15, -0.1) is 0 Å². The molecule has 8 heteroatoms. The first kappa shape index (κ1) is 23.9. The quantitative estimate of drug-likeness (QED) is 0.629. The fraction of sp³-hybridized carbons (Fsp3) is 0.375. The molecule has 1 atom stereocenters. The highest BCUT2D eigenvalue weighted by Crippen LogP contribution is 2.24. The van der Waals surface area contributed by atoms with E-state index in [1.165, 1.54) is 24.3 Å². The van der Waals surface area contributed by atoms with E-state index < -0.39 is 17.8 Å². The van der Waals surface area contributed by atoms with Crippen LogP contribution in [0.5, 0.6) is 0 Å². The van der Waals surface area contributed by atoms with Crippen molar-refractivity contribution in [3.8, 4) is 0 Å². The predicted octanol–water partition coefficient (Wildman–Crippen LogP) is 3.76. The molecule has 32 heavy (non-hydrogen) atoms. The van der Waals surface area contributed by atoms with Gasteiger partial charge in [-0.3, -0.25) is 14.4 Å². The Morgan fingerprint density at radius 3 is 2.25 bits per heavy atom. The molecule has 0 unspecified atom stereocenters. The first-order chi connectivity index (χ1) is 15.2. The molecule has 0 aliphatic carbocycles. The molecular weight excluding hydrogens is 477 g/mol. The molecule has 1 aliphatic rings. The Labute approximate surface area is 195 Å². The van der Waals surface area contributed by atoms with E-state index in [4.69, 9.17) is 0 Å². The summed E-state index contributed by atoms with van der Waals surface area (Å²) in [7, 11) is 0. The van der Waals surface area contributed by atoms with Gasteiger partial charge in [0.15, 0.2) is 0 Å². The highest BCUT2D eigenvalue weighted by atomic mass is 79.9. The third-order valence-electron chi connectivity index (χ3n) is 5.48. The van der Waals surface area contributed by atoms with Crippen molar-refractivity contribution in [2.24, 2.45) is 5.92 Å². The molecule has 170 valence electrons. The monoisotopic (exact) mass is 503 g/mol. The smallest absolute Gasteiger partial charge is 0.253 e. The maximum atomic E-state index is 13.2. The van der Waals surface area contributed by atoms with Crippen LogP contribution in [0, 0.1) is 11.7 Å². The van der Waals surface area contributed by atoms with Gasteiger partial charge in [0.1, 0.15) is 11.9 Å². The fourth-order valence-corrected chi connectivity index (χ4v) is 4.24. The highest BCUT2D eigenvalue weighted by Gasteiger charge is 2.34. The Morgan fingerprint density at radius 1 is 1.00 bits per heavy atom. The van der Waals surface area contributed by atoms with Crippen molar-refractivity contribution in [2.75, 3.05) is 13.1 Å². The van der Waals surface area contributed by atoms with Crippen LogP contribution in [0.1, 0.15) is 47.4 Å². The van der Waals surface area contributed by atoms with Crippen LogP contribution in [0.25, 0.3) is 0 Å². The van der Waals surface area contributed by atoms with E-state index in [1.807, 2.05) is 26.0 Å². The molecule has 6 nitrogen and oxygen atoms in total. The number of hydrogen-bond acceptors (Lipinski definition) is 3. The Hall–Kier alpha value is -2.74. The largest absolute Gasteiger partial charge is 0.352 e. The van der Waals surface area contributed by atoms with Crippen LogP contribution in [0.3, 0.4) is 0 Å². The molecule has 1 aliphatic heterocycles. The van der Waals surface area contributed by atoms with Gasteiger partial charge in [0, 0.05) is 34.7 Å². The minimum absolute atomic E-state index is 0.0525. The Kier molecular flexibility index (Phi) is 8.01. The summed E-state index contributed by atoms with van der Waals surface area (Å²) < 4.78 is 14.0. The van der Waals surface area contributed by atoms with Crippen LogP contribution in [0.4, 0.5) is 4.39 Å². The summed E-state index contributed by atoms with van der Waals surface area (Å²) in [6, 6.07) is 11.6. The maximum Gasteiger partial charge on any atom is 0.253 e. The van der Waals surface area contributed by atoms with E-state index in [-0.39, 0.29) is 29.3 Å². The molecule has 3 rings (SSSR count). The average Bonchev–Trinajstić information content (AvgIpc) is 2.77. The van der Waals surface area contributed by atoms with Gasteiger partial charge in [0.25, 0.3) is 11.8 Å². The summed E-state index contributed by atoms with van der Waals surface area (Å²) >= 11 is 3.39. The van der Waals surface area contributed by atoms with Crippen LogP contribution in [-0.4, -0.2) is 47.8 Å². The van der Waals surface area contributed by atoms with E-state index in [1.54, 1.807) is 17.0 Å². The summed E-state index contributed by atoms with van der Waals surface area (Å²) in [6.45, 7) is 4.70. The van der Waals surface area contributed by atoms with Crippen molar-refractivity contribution in [3.63, 3.8) is 0 Å². The van der Waals surface area contributed by atoms with E-state index in [0.717, 1.165) is 4.47 Å². The van der Waals surface area contributed by atoms with Crippen LogP contribution >= 0.6 is 15.9 Å². The average molecular weight is 504 g/mol. The molecule has 1 saturated heterocycles. The lowest BCUT2D eigenvalue weighted by atomic mass is 9.88. The van der Waals surface area contributed by atoms with Gasteiger partial charge in [-0.2, -0.15) is 0 Å². The van der Waals surface area contributed by atoms with Gasteiger partial charge in [-0.05, 0) is 75.1 Å². The van der Waals surface area contributed by atoms with E-state index >= 15 is 0 Å². The van der Waals surface area contributed by atoms with Crippen molar-refractivity contribution in [1.29, 1.82) is 0 Å². The van der Waals surface area contributed by atoms with Crippen LogP contribution in [0.15, 0.2) is 53.0 Å². The van der Waals surface area contributed by atoms with Crippen molar-refractivity contribution in [3.05, 3.63) is 69.9 Å². The maximum absolute atomic E-state index is 13.2. The number of carbonyl (C=O) groups excluding carboxylic acids is 3. The second kappa shape index (κ2) is 10.7. The Morgan fingerprint density at radius 2 is 1.66 bits per heavy atom. The number of nitrogens with zero attached hydrogens (tertiary/aromatic N) is 1.